The fraction of sp³-hybridized carbons (Fsp3) is 0.818. The Labute approximate surface area is 107 Å². The minimum atomic E-state index is -0.779. The summed E-state index contributed by atoms with van der Waals surface area (Å²) in [5, 5.41) is 0.489. The van der Waals surface area contributed by atoms with Gasteiger partial charge in [0.15, 0.2) is 0 Å². The quantitative estimate of drug-likeness (QED) is 0.455. The number of esters is 1. The molecule has 0 radical (unpaired) electrons. The van der Waals surface area contributed by atoms with Crippen LogP contribution in [0.4, 0.5) is 0 Å². The van der Waals surface area contributed by atoms with Crippen LogP contribution in [0.5, 0.6) is 0 Å². The molecule has 0 amide bonds. The van der Waals surface area contributed by atoms with Crippen molar-refractivity contribution >= 4 is 22.8 Å². The second-order valence-electron chi connectivity index (χ2n) is 5.18. The molecular weight excluding hydrogens is 238 g/mol. The van der Waals surface area contributed by atoms with Gasteiger partial charge in [-0.1, -0.05) is 18.7 Å². The van der Waals surface area contributed by atoms with Gasteiger partial charge in [0.1, 0.15) is 16.5 Å². The van der Waals surface area contributed by atoms with Crippen LogP contribution in [0, 0.1) is 0 Å². The first-order valence-electron chi connectivity index (χ1n) is 5.68. The number of carbonyl (C=O) groups excluding carboxylic acids is 1. The highest BCUT2D eigenvalue weighted by molar-refractivity contribution is 8.15. The lowest BCUT2D eigenvalue weighted by Crippen LogP contribution is -2.54. The molecule has 0 aromatic heterocycles. The number of rotatable bonds is 3. The van der Waals surface area contributed by atoms with Crippen molar-refractivity contribution in [2.75, 3.05) is 0 Å². The van der Waals surface area contributed by atoms with Crippen LogP contribution < -0.4 is 11.3 Å². The lowest BCUT2D eigenvalue weighted by molar-refractivity contribution is -0.155. The van der Waals surface area contributed by atoms with Gasteiger partial charge < -0.3 is 4.74 Å². The van der Waals surface area contributed by atoms with Gasteiger partial charge in [0, 0.05) is 0 Å². The van der Waals surface area contributed by atoms with Crippen molar-refractivity contribution in [3.8, 4) is 0 Å². The molecule has 17 heavy (non-hydrogen) atoms. The normalized spacial score (nSPS) is 29.1. The van der Waals surface area contributed by atoms with Crippen molar-refractivity contribution in [2.24, 2.45) is 10.8 Å². The number of carbonyl (C=O) groups is 1. The van der Waals surface area contributed by atoms with Crippen LogP contribution in [-0.4, -0.2) is 27.5 Å². The molecule has 1 heterocycles. The van der Waals surface area contributed by atoms with E-state index in [0.717, 1.165) is 11.5 Å². The molecule has 0 aromatic rings. The monoisotopic (exact) mass is 259 g/mol. The molecule has 0 saturated heterocycles. The first-order chi connectivity index (χ1) is 7.72. The molecule has 1 aliphatic rings. The van der Waals surface area contributed by atoms with Crippen molar-refractivity contribution in [3.05, 3.63) is 0 Å². The maximum Gasteiger partial charge on any atom is 0.323 e. The zero-order valence-electron chi connectivity index (χ0n) is 11.0. The molecule has 0 bridgehead atoms. The number of nitrogens with zero attached hydrogens (tertiary/aromatic N) is 1. The highest BCUT2D eigenvalue weighted by Gasteiger charge is 2.46. The first kappa shape index (κ1) is 14.5. The van der Waals surface area contributed by atoms with Gasteiger partial charge in [0.25, 0.3) is 0 Å². The third kappa shape index (κ3) is 3.43. The maximum absolute atomic E-state index is 12.1. The van der Waals surface area contributed by atoms with Gasteiger partial charge in [0.2, 0.25) is 0 Å². The zero-order chi connectivity index (χ0) is 13.3. The largest absolute Gasteiger partial charge is 0.459 e. The van der Waals surface area contributed by atoms with E-state index in [0.29, 0.717) is 0 Å². The van der Waals surface area contributed by atoms with Crippen LogP contribution in [0.1, 0.15) is 41.0 Å². The Balaban J connectivity index is 2.82. The summed E-state index contributed by atoms with van der Waals surface area (Å²) in [7, 11) is 0. The minimum Gasteiger partial charge on any atom is -0.459 e. The van der Waals surface area contributed by atoms with Gasteiger partial charge >= 0.3 is 5.97 Å². The van der Waals surface area contributed by atoms with Crippen molar-refractivity contribution in [1.29, 1.82) is 0 Å². The molecule has 0 aliphatic carbocycles. The molecule has 2 atom stereocenters. The van der Waals surface area contributed by atoms with Gasteiger partial charge in [-0.25, -0.2) is 5.43 Å². The van der Waals surface area contributed by atoms with Crippen LogP contribution >= 0.6 is 11.8 Å². The Morgan fingerprint density at radius 2 is 2.24 bits per heavy atom. The standard InChI is InChI=1S/C11H21N3O2S/c1-6-7-13-11(5,14-12)8(17-7)9(15)16-10(2,3)4/h8,14H,6,12H2,1-5H3. The van der Waals surface area contributed by atoms with Crippen LogP contribution in [0.3, 0.4) is 0 Å². The average molecular weight is 259 g/mol. The topological polar surface area (TPSA) is 76.7 Å². The molecule has 0 spiro atoms. The van der Waals surface area contributed by atoms with Crippen LogP contribution in [0.25, 0.3) is 0 Å². The number of nitrogens with two attached hydrogens (primary N) is 1. The predicted octanol–water partition coefficient (Wildman–Crippen LogP) is 1.43. The molecule has 6 heteroatoms. The van der Waals surface area contributed by atoms with Crippen molar-refractivity contribution < 1.29 is 9.53 Å². The van der Waals surface area contributed by atoms with Crippen LogP contribution in [0.2, 0.25) is 0 Å². The summed E-state index contributed by atoms with van der Waals surface area (Å²) >= 11 is 1.42. The number of nitrogens with one attached hydrogen (secondary N) is 1. The Morgan fingerprint density at radius 3 is 2.65 bits per heavy atom. The van der Waals surface area contributed by atoms with Crippen molar-refractivity contribution in [1.82, 2.24) is 5.43 Å². The third-order valence-corrected chi connectivity index (χ3v) is 3.88. The number of aliphatic imine (C=N–C) groups is 1. The summed E-state index contributed by atoms with van der Waals surface area (Å²) in [4.78, 5) is 16.5. The van der Waals surface area contributed by atoms with E-state index in [4.69, 9.17) is 10.6 Å². The minimum absolute atomic E-state index is 0.282. The Morgan fingerprint density at radius 1 is 1.65 bits per heavy atom. The highest BCUT2D eigenvalue weighted by Crippen LogP contribution is 2.36. The van der Waals surface area contributed by atoms with E-state index >= 15 is 0 Å². The fourth-order valence-corrected chi connectivity index (χ4v) is 2.67. The smallest absolute Gasteiger partial charge is 0.323 e. The number of thioether (sulfide) groups is 1. The van der Waals surface area contributed by atoms with Crippen molar-refractivity contribution in [3.63, 3.8) is 0 Å². The number of hydrazine groups is 1. The summed E-state index contributed by atoms with van der Waals surface area (Å²) in [5.74, 6) is 5.22. The van der Waals surface area contributed by atoms with Crippen LogP contribution in [0.15, 0.2) is 4.99 Å². The molecule has 0 fully saturated rings. The highest BCUT2D eigenvalue weighted by atomic mass is 32.2. The molecule has 3 N–H and O–H groups in total. The molecule has 0 aromatic carbocycles. The lowest BCUT2D eigenvalue weighted by atomic mass is 10.1. The zero-order valence-corrected chi connectivity index (χ0v) is 11.9. The number of hydrogen-bond acceptors (Lipinski definition) is 6. The molecule has 5 nitrogen and oxygen atoms in total. The summed E-state index contributed by atoms with van der Waals surface area (Å²) in [5.41, 5.74) is 1.33. The average Bonchev–Trinajstić information content (AvgIpc) is 2.54. The third-order valence-electron chi connectivity index (χ3n) is 2.34. The van der Waals surface area contributed by atoms with Gasteiger partial charge in [-0.3, -0.25) is 15.6 Å². The summed E-state index contributed by atoms with van der Waals surface area (Å²) < 4.78 is 5.38. The van der Waals surface area contributed by atoms with Gasteiger partial charge in [-0.05, 0) is 34.1 Å². The molecule has 1 rings (SSSR count). The molecule has 98 valence electrons. The second kappa shape index (κ2) is 4.96. The number of ether oxygens (including phenoxy) is 1. The Hall–Kier alpha value is -0.590. The Kier molecular flexibility index (Phi) is 4.22. The number of hydrogen-bond donors (Lipinski definition) is 2. The summed E-state index contributed by atoms with van der Waals surface area (Å²) in [6.45, 7) is 9.34. The van der Waals surface area contributed by atoms with Crippen molar-refractivity contribution in [2.45, 2.75) is 57.6 Å². The maximum atomic E-state index is 12.1. The van der Waals surface area contributed by atoms with E-state index in [-0.39, 0.29) is 5.97 Å². The van der Waals surface area contributed by atoms with E-state index in [1.165, 1.54) is 11.8 Å². The second-order valence-corrected chi connectivity index (χ2v) is 6.36. The summed E-state index contributed by atoms with van der Waals surface area (Å²) in [6.07, 6.45) is 0.793. The first-order valence-corrected chi connectivity index (χ1v) is 6.56. The van der Waals surface area contributed by atoms with E-state index in [9.17, 15) is 4.79 Å². The molecule has 1 aliphatic heterocycles. The fourth-order valence-electron chi connectivity index (χ4n) is 1.50. The van der Waals surface area contributed by atoms with E-state index in [2.05, 4.69) is 10.4 Å². The van der Waals surface area contributed by atoms with Gasteiger partial charge in [-0.15, -0.1) is 0 Å². The van der Waals surface area contributed by atoms with Gasteiger partial charge in [0.05, 0.1) is 5.04 Å². The van der Waals surface area contributed by atoms with E-state index in [1.54, 1.807) is 6.92 Å². The van der Waals surface area contributed by atoms with Crippen LogP contribution in [-0.2, 0) is 9.53 Å². The van der Waals surface area contributed by atoms with Gasteiger partial charge in [-0.2, -0.15) is 0 Å². The predicted molar refractivity (Wildman–Crippen MR) is 70.7 cm³/mol. The molecular formula is C11H21N3O2S. The SMILES string of the molecule is CCC1=NC(C)(NN)C(C(=O)OC(C)(C)C)S1. The molecule has 2 unspecified atom stereocenters. The van der Waals surface area contributed by atoms with E-state index < -0.39 is 16.5 Å². The summed E-state index contributed by atoms with van der Waals surface area (Å²) in [6, 6.07) is 0. The molecule has 0 saturated carbocycles. The Bertz CT molecular complexity index is 338. The lowest BCUT2D eigenvalue weighted by Gasteiger charge is -2.29. The van der Waals surface area contributed by atoms with E-state index in [1.807, 2.05) is 27.7 Å².